The summed E-state index contributed by atoms with van der Waals surface area (Å²) in [6.07, 6.45) is 0.833. The van der Waals surface area contributed by atoms with Gasteiger partial charge in [0.2, 0.25) is 5.91 Å². The number of carbonyl (C=O) groups is 2. The number of nitrogens with one attached hydrogen (secondary N) is 1. The first-order valence-electron chi connectivity index (χ1n) is 8.56. The van der Waals surface area contributed by atoms with Gasteiger partial charge in [-0.2, -0.15) is 8.78 Å². The zero-order chi connectivity index (χ0) is 19.8. The second kappa shape index (κ2) is 9.66. The lowest BCUT2D eigenvalue weighted by molar-refractivity contribution is -0.121. The summed E-state index contributed by atoms with van der Waals surface area (Å²) in [5, 5.41) is 12.0. The van der Waals surface area contributed by atoms with Crippen LogP contribution in [0.3, 0.4) is 0 Å². The monoisotopic (exact) mass is 377 g/mol. The number of benzene rings is 2. The van der Waals surface area contributed by atoms with E-state index >= 15 is 0 Å². The van der Waals surface area contributed by atoms with E-state index in [-0.39, 0.29) is 30.1 Å². The molecule has 2 N–H and O–H groups in total. The minimum Gasteiger partial charge on any atom is -0.478 e. The van der Waals surface area contributed by atoms with Crippen molar-refractivity contribution >= 4 is 11.9 Å². The van der Waals surface area contributed by atoms with Crippen molar-refractivity contribution in [1.29, 1.82) is 0 Å². The second-order valence-corrected chi connectivity index (χ2v) is 5.91. The first-order chi connectivity index (χ1) is 12.9. The number of carboxylic acids is 1. The van der Waals surface area contributed by atoms with Crippen LogP contribution < -0.4 is 10.1 Å². The van der Waals surface area contributed by atoms with Gasteiger partial charge < -0.3 is 15.2 Å². The van der Waals surface area contributed by atoms with Crippen LogP contribution in [0.5, 0.6) is 5.75 Å². The normalized spacial score (nSPS) is 11.9. The maximum atomic E-state index is 12.6. The van der Waals surface area contributed by atoms with Crippen molar-refractivity contribution in [2.24, 2.45) is 0 Å². The number of amides is 1. The third-order valence-corrected chi connectivity index (χ3v) is 4.12. The van der Waals surface area contributed by atoms with E-state index in [4.69, 9.17) is 0 Å². The van der Waals surface area contributed by atoms with Gasteiger partial charge in [-0.1, -0.05) is 43.3 Å². The summed E-state index contributed by atoms with van der Waals surface area (Å²) in [5.41, 5.74) is 1.20. The van der Waals surface area contributed by atoms with Crippen molar-refractivity contribution in [3.8, 4) is 5.75 Å². The first kappa shape index (κ1) is 20.4. The number of ether oxygens (including phenoxy) is 1. The summed E-state index contributed by atoms with van der Waals surface area (Å²) in [5.74, 6) is -1.32. The first-order valence-corrected chi connectivity index (χ1v) is 8.56. The SMILES string of the molecule is CCC(NC(=O)CCc1ccccc1C(=O)O)c1ccccc1OC(F)F. The molecule has 7 heteroatoms. The highest BCUT2D eigenvalue weighted by Gasteiger charge is 2.19. The number of aryl methyl sites for hydroxylation is 1. The van der Waals surface area contributed by atoms with Crippen LogP contribution in [0, 0.1) is 0 Å². The maximum absolute atomic E-state index is 12.6. The topological polar surface area (TPSA) is 75.6 Å². The lowest BCUT2D eigenvalue weighted by Crippen LogP contribution is -2.29. The van der Waals surface area contributed by atoms with Crippen LogP contribution in [-0.2, 0) is 11.2 Å². The Labute approximate surface area is 156 Å². The highest BCUT2D eigenvalue weighted by Crippen LogP contribution is 2.28. The van der Waals surface area contributed by atoms with Crippen molar-refractivity contribution < 1.29 is 28.2 Å². The lowest BCUT2D eigenvalue weighted by atomic mass is 10.0. The number of hydrogen-bond donors (Lipinski definition) is 2. The van der Waals surface area contributed by atoms with Gasteiger partial charge >= 0.3 is 12.6 Å². The molecule has 0 aliphatic rings. The highest BCUT2D eigenvalue weighted by atomic mass is 19.3. The molecule has 0 saturated carbocycles. The predicted molar refractivity (Wildman–Crippen MR) is 96.0 cm³/mol. The van der Waals surface area contributed by atoms with Crippen molar-refractivity contribution in [2.45, 2.75) is 38.8 Å². The molecule has 5 nitrogen and oxygen atoms in total. The Kier molecular flexibility index (Phi) is 7.28. The summed E-state index contributed by atoms with van der Waals surface area (Å²) in [6, 6.07) is 12.3. The third-order valence-electron chi connectivity index (χ3n) is 4.12. The van der Waals surface area contributed by atoms with Crippen molar-refractivity contribution in [3.63, 3.8) is 0 Å². The minimum atomic E-state index is -2.95. The summed E-state index contributed by atoms with van der Waals surface area (Å²) in [6.45, 7) is -1.13. The van der Waals surface area contributed by atoms with Crippen LogP contribution >= 0.6 is 0 Å². The summed E-state index contributed by atoms with van der Waals surface area (Å²) < 4.78 is 29.7. The zero-order valence-corrected chi connectivity index (χ0v) is 14.8. The molecule has 0 aromatic heterocycles. The van der Waals surface area contributed by atoms with Crippen LogP contribution in [0.15, 0.2) is 48.5 Å². The molecule has 1 unspecified atom stereocenters. The largest absolute Gasteiger partial charge is 0.478 e. The van der Waals surface area contributed by atoms with E-state index in [1.54, 1.807) is 36.4 Å². The summed E-state index contributed by atoms with van der Waals surface area (Å²) in [4.78, 5) is 23.6. The molecule has 0 radical (unpaired) electrons. The van der Waals surface area contributed by atoms with E-state index in [1.807, 2.05) is 6.92 Å². The van der Waals surface area contributed by atoms with E-state index in [2.05, 4.69) is 10.1 Å². The van der Waals surface area contributed by atoms with Gasteiger partial charge in [-0.05, 0) is 30.5 Å². The molecule has 144 valence electrons. The Bertz CT molecular complexity index is 795. The maximum Gasteiger partial charge on any atom is 0.387 e. The number of aromatic carboxylic acids is 1. The van der Waals surface area contributed by atoms with Crippen LogP contribution in [-0.4, -0.2) is 23.6 Å². The van der Waals surface area contributed by atoms with Crippen molar-refractivity contribution in [1.82, 2.24) is 5.32 Å². The van der Waals surface area contributed by atoms with Gasteiger partial charge in [0.25, 0.3) is 0 Å². The van der Waals surface area contributed by atoms with Crippen LogP contribution in [0.25, 0.3) is 0 Å². The number of halogens is 2. The van der Waals surface area contributed by atoms with Gasteiger partial charge in [-0.25, -0.2) is 4.79 Å². The molecular formula is C20H21F2NO4. The van der Waals surface area contributed by atoms with Gasteiger partial charge in [-0.15, -0.1) is 0 Å². The van der Waals surface area contributed by atoms with E-state index < -0.39 is 18.6 Å². The number of alkyl halides is 2. The highest BCUT2D eigenvalue weighted by molar-refractivity contribution is 5.89. The standard InChI is InChI=1S/C20H21F2NO4/c1-2-16(15-9-5-6-10-17(15)27-20(21)22)23-18(24)12-11-13-7-3-4-8-14(13)19(25)26/h3-10,16,20H,2,11-12H2,1H3,(H,23,24)(H,25,26). The molecule has 0 fully saturated rings. The molecule has 27 heavy (non-hydrogen) atoms. The Balaban J connectivity index is 2.05. The minimum absolute atomic E-state index is 0.0240. The molecule has 1 atom stereocenters. The van der Waals surface area contributed by atoms with Crippen LogP contribution in [0.4, 0.5) is 8.78 Å². The van der Waals surface area contributed by atoms with Gasteiger partial charge in [0.15, 0.2) is 0 Å². The number of carboxylic acid groups (broad SMARTS) is 1. The molecule has 2 aromatic rings. The van der Waals surface area contributed by atoms with Crippen LogP contribution in [0.2, 0.25) is 0 Å². The molecule has 0 heterocycles. The summed E-state index contributed by atoms with van der Waals surface area (Å²) in [7, 11) is 0. The van der Waals surface area contributed by atoms with Crippen molar-refractivity contribution in [3.05, 3.63) is 65.2 Å². The molecule has 0 spiro atoms. The molecule has 0 bridgehead atoms. The second-order valence-electron chi connectivity index (χ2n) is 5.91. The molecule has 1 amide bonds. The Hall–Kier alpha value is -2.96. The fraction of sp³-hybridized carbons (Fsp3) is 0.300. The zero-order valence-electron chi connectivity index (χ0n) is 14.8. The Morgan fingerprint density at radius 1 is 1.11 bits per heavy atom. The molecule has 2 aromatic carbocycles. The fourth-order valence-corrected chi connectivity index (χ4v) is 2.83. The number of hydrogen-bond acceptors (Lipinski definition) is 3. The van der Waals surface area contributed by atoms with E-state index in [0.29, 0.717) is 17.5 Å². The lowest BCUT2D eigenvalue weighted by Gasteiger charge is -2.20. The smallest absolute Gasteiger partial charge is 0.387 e. The quantitative estimate of drug-likeness (QED) is 0.687. The van der Waals surface area contributed by atoms with E-state index in [9.17, 15) is 23.5 Å². The molecule has 2 rings (SSSR count). The van der Waals surface area contributed by atoms with Gasteiger partial charge in [0, 0.05) is 12.0 Å². The van der Waals surface area contributed by atoms with Crippen molar-refractivity contribution in [2.75, 3.05) is 0 Å². The fourth-order valence-electron chi connectivity index (χ4n) is 2.83. The number of para-hydroxylation sites is 1. The molecular weight excluding hydrogens is 356 g/mol. The van der Waals surface area contributed by atoms with E-state index in [1.165, 1.54) is 12.1 Å². The van der Waals surface area contributed by atoms with Crippen LogP contribution in [0.1, 0.15) is 47.3 Å². The third kappa shape index (κ3) is 5.77. The molecule has 0 aliphatic heterocycles. The summed E-state index contributed by atoms with van der Waals surface area (Å²) >= 11 is 0. The Morgan fingerprint density at radius 2 is 1.78 bits per heavy atom. The average molecular weight is 377 g/mol. The average Bonchev–Trinajstić information content (AvgIpc) is 2.64. The molecule has 0 saturated heterocycles. The molecule has 0 aliphatic carbocycles. The van der Waals surface area contributed by atoms with E-state index in [0.717, 1.165) is 0 Å². The van der Waals surface area contributed by atoms with Gasteiger partial charge in [0.05, 0.1) is 11.6 Å². The van der Waals surface area contributed by atoms with Gasteiger partial charge in [-0.3, -0.25) is 4.79 Å². The van der Waals surface area contributed by atoms with Gasteiger partial charge in [0.1, 0.15) is 5.75 Å². The number of rotatable bonds is 9. The predicted octanol–water partition coefficient (Wildman–Crippen LogP) is 4.19. The Morgan fingerprint density at radius 3 is 2.44 bits per heavy atom. The number of carbonyl (C=O) groups excluding carboxylic acids is 1.